The molecule has 2 aliphatic heterocycles. The molecule has 2 N–H and O–H groups in total. The number of rotatable bonds is 4. The summed E-state index contributed by atoms with van der Waals surface area (Å²) in [6, 6.07) is 6.12. The third-order valence-corrected chi connectivity index (χ3v) is 6.54. The van der Waals surface area contributed by atoms with E-state index in [4.69, 9.17) is 0 Å². The molecule has 0 radical (unpaired) electrons. The van der Waals surface area contributed by atoms with Gasteiger partial charge in [-0.3, -0.25) is 0 Å². The van der Waals surface area contributed by atoms with Crippen molar-refractivity contribution in [1.29, 1.82) is 0 Å². The highest BCUT2D eigenvalue weighted by Gasteiger charge is 2.40. The number of nitrogens with zero attached hydrogens (tertiary/aromatic N) is 8. The standard InChI is InChI=1S/C21H27N9O/c1-21-8-4-5-14(23-21)10-15(11-21)29(2)18-12-22-20(25-24-18)16-7-6-13(9-17(16)31)19-26-28-30(3)27-19/h6-7,9,12,14-15,23,31H,4-5,8,10-11H2,1-3H3/t14-,15-,21+/m1/s1. The zero-order valence-corrected chi connectivity index (χ0v) is 18.0. The van der Waals surface area contributed by atoms with Crippen molar-refractivity contribution < 1.29 is 5.11 Å². The van der Waals surface area contributed by atoms with E-state index in [1.807, 2.05) is 6.07 Å². The zero-order valence-electron chi connectivity index (χ0n) is 18.0. The van der Waals surface area contributed by atoms with Crippen molar-refractivity contribution in [1.82, 2.24) is 40.7 Å². The van der Waals surface area contributed by atoms with Gasteiger partial charge in [-0.05, 0) is 50.0 Å². The molecule has 162 valence electrons. The van der Waals surface area contributed by atoms with Crippen LogP contribution in [0.15, 0.2) is 24.4 Å². The van der Waals surface area contributed by atoms with E-state index < -0.39 is 0 Å². The quantitative estimate of drug-likeness (QED) is 0.651. The van der Waals surface area contributed by atoms with Crippen LogP contribution in [0.2, 0.25) is 0 Å². The number of fused-ring (bicyclic) bond motifs is 2. The van der Waals surface area contributed by atoms with Gasteiger partial charge in [0.1, 0.15) is 5.75 Å². The molecule has 2 aliphatic rings. The molecular formula is C21H27N9O. The minimum atomic E-state index is 0.0481. The average Bonchev–Trinajstić information content (AvgIpc) is 3.19. The first-order chi connectivity index (χ1) is 14.9. The van der Waals surface area contributed by atoms with Gasteiger partial charge in [0.25, 0.3) is 0 Å². The molecule has 0 aliphatic carbocycles. The molecule has 10 nitrogen and oxygen atoms in total. The second kappa shape index (κ2) is 7.52. The zero-order chi connectivity index (χ0) is 21.6. The van der Waals surface area contributed by atoms with E-state index in [9.17, 15) is 5.11 Å². The highest BCUT2D eigenvalue weighted by molar-refractivity contribution is 5.69. The Labute approximate surface area is 180 Å². The fourth-order valence-electron chi connectivity index (χ4n) is 4.94. The van der Waals surface area contributed by atoms with Crippen LogP contribution < -0.4 is 10.2 Å². The summed E-state index contributed by atoms with van der Waals surface area (Å²) in [5.74, 6) is 1.62. The summed E-state index contributed by atoms with van der Waals surface area (Å²) >= 11 is 0. The van der Waals surface area contributed by atoms with Gasteiger partial charge in [0, 0.05) is 30.2 Å². The number of aromatic nitrogens is 7. The Hall–Kier alpha value is -3.14. The maximum atomic E-state index is 10.5. The van der Waals surface area contributed by atoms with Crippen molar-refractivity contribution in [2.24, 2.45) is 7.05 Å². The normalized spacial score (nSPS) is 25.4. The van der Waals surface area contributed by atoms with Crippen LogP contribution in [0.5, 0.6) is 5.75 Å². The third kappa shape index (κ3) is 3.83. The van der Waals surface area contributed by atoms with E-state index >= 15 is 0 Å². The maximum Gasteiger partial charge on any atom is 0.205 e. The van der Waals surface area contributed by atoms with Crippen molar-refractivity contribution >= 4 is 5.82 Å². The van der Waals surface area contributed by atoms with E-state index in [0.29, 0.717) is 34.9 Å². The van der Waals surface area contributed by atoms with Crippen molar-refractivity contribution in [3.05, 3.63) is 24.4 Å². The molecule has 0 unspecified atom stereocenters. The van der Waals surface area contributed by atoms with Crippen molar-refractivity contribution in [2.75, 3.05) is 11.9 Å². The van der Waals surface area contributed by atoms with E-state index in [0.717, 1.165) is 18.7 Å². The van der Waals surface area contributed by atoms with Crippen molar-refractivity contribution in [2.45, 2.75) is 56.7 Å². The SMILES string of the molecule is CN(c1cnc(-c2ccc(-c3nnn(C)n3)cc2O)nn1)[C@@H]1C[C@H]2CCC[C@@](C)(C1)N2. The fraction of sp³-hybridized carbons (Fsp3) is 0.524. The molecule has 10 heteroatoms. The van der Waals surface area contributed by atoms with Crippen LogP contribution >= 0.6 is 0 Å². The molecule has 3 atom stereocenters. The van der Waals surface area contributed by atoms with Gasteiger partial charge in [-0.1, -0.05) is 12.5 Å². The maximum absolute atomic E-state index is 10.5. The van der Waals surface area contributed by atoms with Crippen molar-refractivity contribution in [3.8, 4) is 28.5 Å². The number of hydrogen-bond acceptors (Lipinski definition) is 9. The lowest BCUT2D eigenvalue weighted by Gasteiger charge is -2.49. The molecular weight excluding hydrogens is 394 g/mol. The van der Waals surface area contributed by atoms with Crippen LogP contribution in [0.4, 0.5) is 5.82 Å². The van der Waals surface area contributed by atoms with Gasteiger partial charge in [0.15, 0.2) is 11.6 Å². The lowest BCUT2D eigenvalue weighted by molar-refractivity contribution is 0.140. The van der Waals surface area contributed by atoms with Crippen LogP contribution in [-0.2, 0) is 7.05 Å². The van der Waals surface area contributed by atoms with Crippen LogP contribution in [0.3, 0.4) is 0 Å². The topological polar surface area (TPSA) is 118 Å². The van der Waals surface area contributed by atoms with Gasteiger partial charge in [-0.2, -0.15) is 4.80 Å². The van der Waals surface area contributed by atoms with Crippen molar-refractivity contribution in [3.63, 3.8) is 0 Å². The molecule has 2 saturated heterocycles. The lowest BCUT2D eigenvalue weighted by atomic mass is 9.75. The Kier molecular flexibility index (Phi) is 4.81. The summed E-state index contributed by atoms with van der Waals surface area (Å²) < 4.78 is 0. The largest absolute Gasteiger partial charge is 0.507 e. The molecule has 3 aromatic rings. The summed E-state index contributed by atoms with van der Waals surface area (Å²) in [7, 11) is 3.76. The van der Waals surface area contributed by atoms with Gasteiger partial charge >= 0.3 is 0 Å². The summed E-state index contributed by atoms with van der Waals surface area (Å²) in [6.45, 7) is 2.33. The number of nitrogens with one attached hydrogen (secondary N) is 1. The Balaban J connectivity index is 1.34. The van der Waals surface area contributed by atoms with Crippen LogP contribution in [0.1, 0.15) is 39.0 Å². The van der Waals surface area contributed by atoms with Gasteiger partial charge in [-0.25, -0.2) is 4.98 Å². The second-order valence-corrected chi connectivity index (χ2v) is 8.97. The number of aryl methyl sites for hydroxylation is 1. The summed E-state index contributed by atoms with van der Waals surface area (Å²) in [6.07, 6.45) is 7.68. The first-order valence-corrected chi connectivity index (χ1v) is 10.7. The smallest absolute Gasteiger partial charge is 0.205 e. The number of phenols is 1. The molecule has 2 aromatic heterocycles. The second-order valence-electron chi connectivity index (χ2n) is 8.97. The molecule has 31 heavy (non-hydrogen) atoms. The van der Waals surface area contributed by atoms with Crippen LogP contribution in [0.25, 0.3) is 22.8 Å². The minimum absolute atomic E-state index is 0.0481. The van der Waals surface area contributed by atoms with E-state index in [-0.39, 0.29) is 11.3 Å². The fourth-order valence-corrected chi connectivity index (χ4v) is 4.94. The summed E-state index contributed by atoms with van der Waals surface area (Å²) in [5.41, 5.74) is 1.38. The molecule has 1 aromatic carbocycles. The lowest BCUT2D eigenvalue weighted by Crippen LogP contribution is -2.61. The summed E-state index contributed by atoms with van der Waals surface area (Å²) in [4.78, 5) is 8.05. The number of piperidine rings is 2. The highest BCUT2D eigenvalue weighted by atomic mass is 16.3. The first-order valence-electron chi connectivity index (χ1n) is 10.7. The molecule has 0 amide bonds. The monoisotopic (exact) mass is 421 g/mol. The molecule has 2 fully saturated rings. The molecule has 4 heterocycles. The van der Waals surface area contributed by atoms with Gasteiger partial charge in [0.2, 0.25) is 5.82 Å². The van der Waals surface area contributed by atoms with Gasteiger partial charge < -0.3 is 15.3 Å². The summed E-state index contributed by atoms with van der Waals surface area (Å²) in [5, 5.41) is 35.0. The van der Waals surface area contributed by atoms with Crippen LogP contribution in [0, 0.1) is 0 Å². The number of phenolic OH excluding ortho intramolecular Hbond substituents is 1. The predicted molar refractivity (Wildman–Crippen MR) is 115 cm³/mol. The number of hydrogen-bond donors (Lipinski definition) is 2. The highest BCUT2D eigenvalue weighted by Crippen LogP contribution is 2.36. The predicted octanol–water partition coefficient (Wildman–Crippen LogP) is 1.93. The molecule has 2 bridgehead atoms. The molecule has 0 spiro atoms. The first kappa shape index (κ1) is 19.8. The molecule has 0 saturated carbocycles. The van der Waals surface area contributed by atoms with Crippen LogP contribution in [-0.4, -0.2) is 65.2 Å². The van der Waals surface area contributed by atoms with E-state index in [1.54, 1.807) is 25.4 Å². The Morgan fingerprint density at radius 2 is 2.10 bits per heavy atom. The Morgan fingerprint density at radius 3 is 2.77 bits per heavy atom. The number of tetrazole rings is 1. The Morgan fingerprint density at radius 1 is 1.23 bits per heavy atom. The van der Waals surface area contributed by atoms with Gasteiger partial charge in [0.05, 0.1) is 18.8 Å². The minimum Gasteiger partial charge on any atom is -0.507 e. The van der Waals surface area contributed by atoms with E-state index in [1.165, 1.54) is 24.1 Å². The van der Waals surface area contributed by atoms with Gasteiger partial charge in [-0.15, -0.1) is 20.4 Å². The average molecular weight is 422 g/mol. The third-order valence-electron chi connectivity index (χ3n) is 6.54. The number of anilines is 1. The number of aromatic hydroxyl groups is 1. The number of benzene rings is 1. The van der Waals surface area contributed by atoms with E-state index in [2.05, 4.69) is 54.8 Å². The Bertz CT molecular complexity index is 1080. The molecule has 5 rings (SSSR count).